The van der Waals surface area contributed by atoms with Crippen LogP contribution in [0.1, 0.15) is 62.4 Å². The number of anilines is 2. The Kier molecular flexibility index (Phi) is 7.39. The van der Waals surface area contributed by atoms with Gasteiger partial charge >= 0.3 is 0 Å². The van der Waals surface area contributed by atoms with Crippen LogP contribution in [0.5, 0.6) is 0 Å². The minimum Gasteiger partial charge on any atom is -0.307 e. The van der Waals surface area contributed by atoms with Crippen LogP contribution in [-0.2, 0) is 25.5 Å². The molecule has 4 rings (SSSR count). The lowest BCUT2D eigenvalue weighted by atomic mass is 9.67. The molecule has 0 unspecified atom stereocenters. The van der Waals surface area contributed by atoms with Crippen LogP contribution >= 0.6 is 0 Å². The predicted octanol–water partition coefficient (Wildman–Crippen LogP) is 4.49. The molecule has 8 nitrogen and oxygen atoms in total. The highest BCUT2D eigenvalue weighted by Gasteiger charge is 2.48. The molecular weight excluding hydrogens is 536 g/mol. The Balaban J connectivity index is 1.72. The summed E-state index contributed by atoms with van der Waals surface area (Å²) in [6.07, 6.45) is 0.0331. The van der Waals surface area contributed by atoms with Crippen LogP contribution in [-0.4, -0.2) is 47.5 Å². The first-order valence-corrected chi connectivity index (χ1v) is 15.7. The fourth-order valence-corrected chi connectivity index (χ4v) is 7.43. The van der Waals surface area contributed by atoms with Gasteiger partial charge in [0.05, 0.1) is 11.2 Å². The smallest absolute Gasteiger partial charge is 0.258 e. The zero-order valence-electron chi connectivity index (χ0n) is 21.8. The number of amides is 1. The van der Waals surface area contributed by atoms with Gasteiger partial charge in [-0.1, -0.05) is 6.07 Å². The summed E-state index contributed by atoms with van der Waals surface area (Å²) in [5.74, 6) is -1.14. The maximum absolute atomic E-state index is 13.8. The molecule has 0 aromatic heterocycles. The molecule has 1 aliphatic carbocycles. The third kappa shape index (κ3) is 6.02. The fourth-order valence-electron chi connectivity index (χ4n) is 5.41. The van der Waals surface area contributed by atoms with E-state index in [0.717, 1.165) is 11.8 Å². The second-order valence-corrected chi connectivity index (χ2v) is 14.8. The SMILES string of the molecule is CC(C)(C)NS(=O)(=O)c1cccc(C(=O)N2CC3(CCC(C(F)F)CC3)c3cc(NS(C)(=O)=O)ccc32)c1. The van der Waals surface area contributed by atoms with Crippen LogP contribution in [0, 0.1) is 5.92 Å². The van der Waals surface area contributed by atoms with E-state index < -0.39 is 49.3 Å². The lowest BCUT2D eigenvalue weighted by Gasteiger charge is -2.37. The first-order valence-electron chi connectivity index (χ1n) is 12.4. The van der Waals surface area contributed by atoms with Crippen molar-refractivity contribution >= 4 is 37.3 Å². The molecule has 1 amide bonds. The van der Waals surface area contributed by atoms with E-state index >= 15 is 0 Å². The second-order valence-electron chi connectivity index (χ2n) is 11.3. The van der Waals surface area contributed by atoms with Gasteiger partial charge in [0.2, 0.25) is 26.5 Å². The second kappa shape index (κ2) is 9.87. The third-order valence-electron chi connectivity index (χ3n) is 7.04. The average molecular weight is 570 g/mol. The summed E-state index contributed by atoms with van der Waals surface area (Å²) in [5.41, 5.74) is 0.467. The van der Waals surface area contributed by atoms with E-state index in [4.69, 9.17) is 0 Å². The lowest BCUT2D eigenvalue weighted by Crippen LogP contribution is -2.41. The Hall–Kier alpha value is -2.57. The molecule has 0 atom stereocenters. The van der Waals surface area contributed by atoms with Crippen molar-refractivity contribution in [3.8, 4) is 0 Å². The van der Waals surface area contributed by atoms with Gasteiger partial charge in [-0.15, -0.1) is 0 Å². The zero-order chi connectivity index (χ0) is 28.1. The van der Waals surface area contributed by atoms with Gasteiger partial charge in [0.15, 0.2) is 0 Å². The minimum atomic E-state index is -3.88. The van der Waals surface area contributed by atoms with Crippen LogP contribution in [0.2, 0.25) is 0 Å². The van der Waals surface area contributed by atoms with Crippen molar-refractivity contribution in [2.45, 2.75) is 68.7 Å². The largest absolute Gasteiger partial charge is 0.307 e. The molecule has 0 radical (unpaired) electrons. The molecule has 1 aliphatic heterocycles. The van der Waals surface area contributed by atoms with Crippen LogP contribution < -0.4 is 14.3 Å². The number of hydrogen-bond donors (Lipinski definition) is 2. The van der Waals surface area contributed by atoms with Crippen LogP contribution in [0.15, 0.2) is 47.4 Å². The quantitative estimate of drug-likeness (QED) is 0.533. The maximum Gasteiger partial charge on any atom is 0.258 e. The highest BCUT2D eigenvalue weighted by Crippen LogP contribution is 2.52. The van der Waals surface area contributed by atoms with Crippen molar-refractivity contribution in [3.05, 3.63) is 53.6 Å². The Labute approximate surface area is 222 Å². The number of fused-ring (bicyclic) bond motifs is 2. The number of carbonyl (C=O) groups excluding carboxylic acids is 1. The van der Waals surface area contributed by atoms with E-state index in [1.54, 1.807) is 43.9 Å². The Bertz CT molecular complexity index is 1450. The van der Waals surface area contributed by atoms with Crippen molar-refractivity contribution in [2.75, 3.05) is 22.4 Å². The van der Waals surface area contributed by atoms with Crippen molar-refractivity contribution in [1.29, 1.82) is 0 Å². The van der Waals surface area contributed by atoms with Gasteiger partial charge in [-0.05, 0) is 88.4 Å². The van der Waals surface area contributed by atoms with Crippen molar-refractivity contribution in [3.63, 3.8) is 0 Å². The summed E-state index contributed by atoms with van der Waals surface area (Å²) < 4.78 is 81.2. The predicted molar refractivity (Wildman–Crippen MR) is 143 cm³/mol. The monoisotopic (exact) mass is 569 g/mol. The maximum atomic E-state index is 13.8. The van der Waals surface area contributed by atoms with Gasteiger partial charge in [-0.2, -0.15) is 0 Å². The third-order valence-corrected chi connectivity index (χ3v) is 9.41. The Morgan fingerprint density at radius 2 is 1.71 bits per heavy atom. The summed E-state index contributed by atoms with van der Waals surface area (Å²) in [6, 6.07) is 10.7. The van der Waals surface area contributed by atoms with Gasteiger partial charge in [-0.25, -0.2) is 30.3 Å². The summed E-state index contributed by atoms with van der Waals surface area (Å²) >= 11 is 0. The minimum absolute atomic E-state index is 0.0439. The zero-order valence-corrected chi connectivity index (χ0v) is 23.4. The molecule has 12 heteroatoms. The Morgan fingerprint density at radius 1 is 1.05 bits per heavy atom. The van der Waals surface area contributed by atoms with Crippen molar-refractivity contribution in [1.82, 2.24) is 4.72 Å². The molecule has 38 heavy (non-hydrogen) atoms. The molecule has 2 aliphatic rings. The van der Waals surface area contributed by atoms with Crippen molar-refractivity contribution in [2.24, 2.45) is 5.92 Å². The molecule has 1 saturated carbocycles. The topological polar surface area (TPSA) is 113 Å². The van der Waals surface area contributed by atoms with E-state index in [9.17, 15) is 30.4 Å². The van der Waals surface area contributed by atoms with Gasteiger partial charge < -0.3 is 4.90 Å². The summed E-state index contributed by atoms with van der Waals surface area (Å²) in [5, 5.41) is 0. The number of alkyl halides is 2. The molecule has 2 N–H and O–H groups in total. The number of hydrogen-bond acceptors (Lipinski definition) is 5. The summed E-state index contributed by atoms with van der Waals surface area (Å²) in [4.78, 5) is 15.3. The number of rotatable bonds is 6. The average Bonchev–Trinajstić information content (AvgIpc) is 3.09. The number of benzene rings is 2. The standard InChI is InChI=1S/C26H33F2N3O5S2/c1-25(2,3)30-38(35,36)20-7-5-6-18(14-20)24(32)31-16-26(12-10-17(11-13-26)23(27)28)21-15-19(8-9-22(21)31)29-37(4,33)34/h5-9,14-15,17,23,29-30H,10-13,16H2,1-4H3. The van der Waals surface area contributed by atoms with E-state index in [0.29, 0.717) is 24.2 Å². The summed E-state index contributed by atoms with van der Waals surface area (Å²) in [7, 11) is -7.43. The van der Waals surface area contributed by atoms with Gasteiger partial charge in [0.1, 0.15) is 0 Å². The van der Waals surface area contributed by atoms with Crippen LogP contribution in [0.4, 0.5) is 20.2 Å². The normalized spacial score (nSPS) is 22.1. The van der Waals surface area contributed by atoms with Crippen molar-refractivity contribution < 1.29 is 30.4 Å². The van der Waals surface area contributed by atoms with E-state index in [2.05, 4.69) is 9.44 Å². The van der Waals surface area contributed by atoms with Crippen LogP contribution in [0.25, 0.3) is 0 Å². The first kappa shape index (κ1) is 28.4. The number of carbonyl (C=O) groups is 1. The van der Waals surface area contributed by atoms with Crippen LogP contribution in [0.3, 0.4) is 0 Å². The number of sulfonamides is 2. The molecule has 0 saturated heterocycles. The van der Waals surface area contributed by atoms with E-state index in [1.165, 1.54) is 24.3 Å². The molecule has 2 aromatic carbocycles. The first-order chi connectivity index (χ1) is 17.5. The Morgan fingerprint density at radius 3 is 2.29 bits per heavy atom. The molecule has 0 bridgehead atoms. The van der Waals surface area contributed by atoms with E-state index in [1.807, 2.05) is 0 Å². The number of nitrogens with zero attached hydrogens (tertiary/aromatic N) is 1. The lowest BCUT2D eigenvalue weighted by molar-refractivity contribution is 0.0423. The molecule has 208 valence electrons. The van der Waals surface area contributed by atoms with Gasteiger partial charge in [0.25, 0.3) is 5.91 Å². The molecule has 2 aromatic rings. The van der Waals surface area contributed by atoms with Gasteiger partial charge in [-0.3, -0.25) is 9.52 Å². The molecule has 1 heterocycles. The molecule has 1 fully saturated rings. The fraction of sp³-hybridized carbons (Fsp3) is 0.500. The number of nitrogens with one attached hydrogen (secondary N) is 2. The number of halogens is 2. The molecular formula is C26H33F2N3O5S2. The highest BCUT2D eigenvalue weighted by atomic mass is 32.2. The summed E-state index contributed by atoms with van der Waals surface area (Å²) in [6.45, 7) is 5.39. The van der Waals surface area contributed by atoms with E-state index in [-0.39, 0.29) is 29.8 Å². The molecule has 1 spiro atoms. The van der Waals surface area contributed by atoms with Gasteiger partial charge in [0, 0.05) is 40.4 Å². The highest BCUT2D eigenvalue weighted by molar-refractivity contribution is 7.92.